The van der Waals surface area contributed by atoms with Crippen molar-refractivity contribution in [2.75, 3.05) is 7.05 Å². The molecule has 0 radical (unpaired) electrons. The minimum atomic E-state index is -4.29. The van der Waals surface area contributed by atoms with Crippen LogP contribution in [0.5, 0.6) is 0 Å². The molecule has 4 nitrogen and oxygen atoms in total. The fourth-order valence-corrected chi connectivity index (χ4v) is 2.16. The zero-order valence-electron chi connectivity index (χ0n) is 10.5. The van der Waals surface area contributed by atoms with E-state index in [-0.39, 0.29) is 5.92 Å². The maximum absolute atomic E-state index is 12.8. The summed E-state index contributed by atoms with van der Waals surface area (Å²) in [6.45, 7) is 1.58. The first-order valence-electron chi connectivity index (χ1n) is 6.10. The quantitative estimate of drug-likeness (QED) is 0.906. The predicted octanol–water partition coefficient (Wildman–Crippen LogP) is 2.39. The summed E-state index contributed by atoms with van der Waals surface area (Å²) in [6, 6.07) is -1.62. The lowest BCUT2D eigenvalue weighted by molar-refractivity contribution is -0.166. The van der Waals surface area contributed by atoms with E-state index in [0.717, 1.165) is 30.9 Å². The van der Waals surface area contributed by atoms with Gasteiger partial charge in [0.25, 0.3) is 0 Å². The molecule has 1 atom stereocenters. The Morgan fingerprint density at radius 1 is 1.44 bits per heavy atom. The summed E-state index contributed by atoms with van der Waals surface area (Å²) in [6.07, 6.45) is -1.37. The second-order valence-corrected chi connectivity index (χ2v) is 4.74. The number of nitrogens with zero attached hydrogens (tertiary/aromatic N) is 3. The first-order valence-corrected chi connectivity index (χ1v) is 6.10. The summed E-state index contributed by atoms with van der Waals surface area (Å²) in [4.78, 5) is 0. The van der Waals surface area contributed by atoms with Gasteiger partial charge in [0.2, 0.25) is 0 Å². The van der Waals surface area contributed by atoms with Crippen molar-refractivity contribution in [3.8, 4) is 0 Å². The minimum absolute atomic E-state index is 0.174. The fourth-order valence-electron chi connectivity index (χ4n) is 2.16. The van der Waals surface area contributed by atoms with Crippen LogP contribution < -0.4 is 5.32 Å². The van der Waals surface area contributed by atoms with Gasteiger partial charge in [-0.3, -0.25) is 0 Å². The zero-order chi connectivity index (χ0) is 13.3. The average molecular weight is 262 g/mol. The number of rotatable bonds is 4. The minimum Gasteiger partial charge on any atom is -0.314 e. The van der Waals surface area contributed by atoms with Gasteiger partial charge < -0.3 is 5.32 Å². The molecule has 1 aromatic rings. The van der Waals surface area contributed by atoms with Crippen LogP contribution in [0.2, 0.25) is 0 Å². The summed E-state index contributed by atoms with van der Waals surface area (Å²) in [7, 11) is 1.75. The number of hydrogen-bond acceptors (Lipinski definition) is 3. The molecule has 0 aromatic carbocycles. The van der Waals surface area contributed by atoms with Crippen molar-refractivity contribution in [3.63, 3.8) is 0 Å². The third kappa shape index (κ3) is 2.36. The van der Waals surface area contributed by atoms with Crippen molar-refractivity contribution >= 4 is 0 Å². The van der Waals surface area contributed by atoms with E-state index in [0.29, 0.717) is 17.9 Å². The van der Waals surface area contributed by atoms with E-state index in [9.17, 15) is 13.2 Å². The van der Waals surface area contributed by atoms with Crippen LogP contribution >= 0.6 is 0 Å². The molecule has 0 spiro atoms. The second kappa shape index (κ2) is 4.87. The Balaban J connectivity index is 2.34. The smallest absolute Gasteiger partial charge is 0.314 e. The van der Waals surface area contributed by atoms with Crippen LogP contribution in [-0.2, 0) is 6.54 Å². The highest BCUT2D eigenvalue weighted by Crippen LogP contribution is 2.40. The third-order valence-electron chi connectivity index (χ3n) is 3.48. The zero-order valence-corrected chi connectivity index (χ0v) is 10.5. The van der Waals surface area contributed by atoms with Crippen LogP contribution in [0.15, 0.2) is 0 Å². The van der Waals surface area contributed by atoms with E-state index < -0.39 is 12.2 Å². The number of aromatic nitrogens is 3. The molecule has 1 N–H and O–H groups in total. The van der Waals surface area contributed by atoms with Crippen LogP contribution in [-0.4, -0.2) is 28.2 Å². The van der Waals surface area contributed by atoms with Crippen LogP contribution in [0.3, 0.4) is 0 Å². The molecule has 0 amide bonds. The Labute approximate surface area is 104 Å². The largest absolute Gasteiger partial charge is 0.410 e. The topological polar surface area (TPSA) is 42.7 Å². The average Bonchev–Trinajstić information content (AvgIpc) is 2.58. The molecule has 1 aliphatic carbocycles. The molecule has 1 aromatic heterocycles. The van der Waals surface area contributed by atoms with Crippen molar-refractivity contribution in [1.82, 2.24) is 20.3 Å². The van der Waals surface area contributed by atoms with E-state index in [1.165, 1.54) is 0 Å². The van der Waals surface area contributed by atoms with Gasteiger partial charge in [-0.2, -0.15) is 13.2 Å². The molecule has 1 aliphatic rings. The maximum atomic E-state index is 12.8. The van der Waals surface area contributed by atoms with Gasteiger partial charge >= 0.3 is 6.18 Å². The van der Waals surface area contributed by atoms with Gasteiger partial charge in [-0.1, -0.05) is 11.6 Å². The lowest BCUT2D eigenvalue weighted by atomic mass is 9.82. The lowest BCUT2D eigenvalue weighted by Crippen LogP contribution is -2.28. The number of halogens is 3. The van der Waals surface area contributed by atoms with Crippen LogP contribution in [0.1, 0.15) is 49.5 Å². The molecule has 1 unspecified atom stereocenters. The summed E-state index contributed by atoms with van der Waals surface area (Å²) < 4.78 is 39.4. The Hall–Kier alpha value is -1.11. The molecule has 1 saturated carbocycles. The number of nitrogens with one attached hydrogen (secondary N) is 1. The Bertz CT molecular complexity index is 409. The summed E-state index contributed by atoms with van der Waals surface area (Å²) in [5, 5.41) is 10.5. The van der Waals surface area contributed by atoms with Crippen molar-refractivity contribution < 1.29 is 13.2 Å². The Kier molecular flexibility index (Phi) is 3.61. The molecule has 1 heterocycles. The molecule has 102 valence electrons. The fraction of sp³-hybridized carbons (Fsp3) is 0.818. The number of hydrogen-bond donors (Lipinski definition) is 1. The van der Waals surface area contributed by atoms with Crippen molar-refractivity contribution in [2.45, 2.75) is 50.9 Å². The van der Waals surface area contributed by atoms with Crippen LogP contribution in [0.4, 0.5) is 13.2 Å². The molecule has 18 heavy (non-hydrogen) atoms. The predicted molar refractivity (Wildman–Crippen MR) is 60.1 cm³/mol. The molecule has 7 heteroatoms. The molecular weight excluding hydrogens is 245 g/mol. The van der Waals surface area contributed by atoms with Gasteiger partial charge in [0.1, 0.15) is 6.04 Å². The normalized spacial score (nSPS) is 18.7. The van der Waals surface area contributed by atoms with E-state index in [1.807, 2.05) is 0 Å². The maximum Gasteiger partial charge on any atom is 0.410 e. The van der Waals surface area contributed by atoms with E-state index in [2.05, 4.69) is 15.6 Å². The first-order chi connectivity index (χ1) is 8.45. The summed E-state index contributed by atoms with van der Waals surface area (Å²) in [5.41, 5.74) is 1.29. The van der Waals surface area contributed by atoms with Gasteiger partial charge in [0.15, 0.2) is 0 Å². The van der Waals surface area contributed by atoms with Crippen molar-refractivity contribution in [2.24, 2.45) is 0 Å². The molecule has 0 bridgehead atoms. The van der Waals surface area contributed by atoms with Gasteiger partial charge in [0.05, 0.1) is 11.4 Å². The highest BCUT2D eigenvalue weighted by molar-refractivity contribution is 5.19. The summed E-state index contributed by atoms with van der Waals surface area (Å²) >= 11 is 0. The monoisotopic (exact) mass is 262 g/mol. The standard InChI is InChI=1S/C11H17F3N4/c1-7(11(12,13)14)18-10(8-4-3-5-8)9(6-15-2)16-17-18/h7-8,15H,3-6H2,1-2H3. The van der Waals surface area contributed by atoms with E-state index in [1.54, 1.807) is 7.05 Å². The lowest BCUT2D eigenvalue weighted by Gasteiger charge is -2.28. The van der Waals surface area contributed by atoms with Gasteiger partial charge in [-0.15, -0.1) is 5.10 Å². The van der Waals surface area contributed by atoms with E-state index >= 15 is 0 Å². The second-order valence-electron chi connectivity index (χ2n) is 4.74. The highest BCUT2D eigenvalue weighted by atomic mass is 19.4. The molecule has 0 aliphatic heterocycles. The van der Waals surface area contributed by atoms with E-state index in [4.69, 9.17) is 0 Å². The van der Waals surface area contributed by atoms with Crippen molar-refractivity contribution in [3.05, 3.63) is 11.4 Å². The molecule has 1 fully saturated rings. The SMILES string of the molecule is CNCc1nnn(C(C)C(F)(F)F)c1C1CCC1. The number of alkyl halides is 3. The van der Waals surface area contributed by atoms with Gasteiger partial charge in [-0.05, 0) is 26.8 Å². The molecular formula is C11H17F3N4. The third-order valence-corrected chi connectivity index (χ3v) is 3.48. The summed E-state index contributed by atoms with van der Waals surface area (Å²) in [5.74, 6) is 0.174. The molecule has 0 saturated heterocycles. The van der Waals surface area contributed by atoms with Crippen molar-refractivity contribution in [1.29, 1.82) is 0 Å². The first kappa shape index (κ1) is 13.3. The Morgan fingerprint density at radius 3 is 2.56 bits per heavy atom. The van der Waals surface area contributed by atoms with Crippen LogP contribution in [0, 0.1) is 0 Å². The van der Waals surface area contributed by atoms with Crippen LogP contribution in [0.25, 0.3) is 0 Å². The molecule has 2 rings (SSSR count). The highest BCUT2D eigenvalue weighted by Gasteiger charge is 2.41. The Morgan fingerprint density at radius 2 is 2.11 bits per heavy atom. The van der Waals surface area contributed by atoms with Gasteiger partial charge in [-0.25, -0.2) is 4.68 Å². The van der Waals surface area contributed by atoms with Gasteiger partial charge in [0, 0.05) is 12.5 Å².